The van der Waals surface area contributed by atoms with E-state index in [4.69, 9.17) is 18.9 Å². The third kappa shape index (κ3) is 25.6. The van der Waals surface area contributed by atoms with Crippen molar-refractivity contribution < 1.29 is 53.8 Å². The Morgan fingerprint density at radius 2 is 1.00 bits per heavy atom. The topological polar surface area (TPSA) is 169 Å². The Morgan fingerprint density at radius 1 is 0.566 bits per heavy atom. The normalized spacial score (nSPS) is 20.8. The number of rotatable bonds is 35. The van der Waals surface area contributed by atoms with E-state index in [0.717, 1.165) is 57.8 Å². The van der Waals surface area contributed by atoms with Gasteiger partial charge >= 0.3 is 17.9 Å². The number of esters is 2. The zero-order valence-corrected chi connectivity index (χ0v) is 33.3. The molecule has 310 valence electrons. The Bertz CT molecular complexity index is 942. The second-order valence-corrected chi connectivity index (χ2v) is 14.8. The Morgan fingerprint density at radius 3 is 1.47 bits per heavy atom. The van der Waals surface area contributed by atoms with E-state index in [1.54, 1.807) is 0 Å². The summed E-state index contributed by atoms with van der Waals surface area (Å²) in [5.41, 5.74) is 0. The van der Waals surface area contributed by atoms with Crippen LogP contribution in [0.1, 0.15) is 187 Å². The smallest absolute Gasteiger partial charge is 0.335 e. The molecule has 0 aromatic rings. The van der Waals surface area contributed by atoms with Crippen molar-refractivity contribution in [1.82, 2.24) is 0 Å². The summed E-state index contributed by atoms with van der Waals surface area (Å²) in [7, 11) is 0. The molecule has 0 aromatic heterocycles. The number of aliphatic carboxylic acids is 1. The average Bonchev–Trinajstić information content (AvgIpc) is 3.14. The van der Waals surface area contributed by atoms with Gasteiger partial charge in [0, 0.05) is 12.8 Å². The minimum absolute atomic E-state index is 0.186. The minimum Gasteiger partial charge on any atom is -0.479 e. The molecule has 0 spiro atoms. The van der Waals surface area contributed by atoms with Crippen LogP contribution in [0.3, 0.4) is 0 Å². The van der Waals surface area contributed by atoms with Crippen molar-refractivity contribution in [3.05, 3.63) is 12.2 Å². The molecule has 53 heavy (non-hydrogen) atoms. The Kier molecular flexibility index (Phi) is 30.8. The maximum absolute atomic E-state index is 12.7. The van der Waals surface area contributed by atoms with Crippen molar-refractivity contribution in [1.29, 1.82) is 0 Å². The summed E-state index contributed by atoms with van der Waals surface area (Å²) < 4.78 is 21.7. The molecule has 4 N–H and O–H groups in total. The summed E-state index contributed by atoms with van der Waals surface area (Å²) in [5.74, 6) is -2.45. The number of carboxylic acids is 1. The van der Waals surface area contributed by atoms with Crippen molar-refractivity contribution >= 4 is 17.9 Å². The summed E-state index contributed by atoms with van der Waals surface area (Å²) >= 11 is 0. The van der Waals surface area contributed by atoms with Gasteiger partial charge in [-0.2, -0.15) is 0 Å². The second-order valence-electron chi connectivity index (χ2n) is 14.8. The van der Waals surface area contributed by atoms with Crippen molar-refractivity contribution in [2.45, 2.75) is 224 Å². The van der Waals surface area contributed by atoms with E-state index in [1.165, 1.54) is 89.9 Å². The molecule has 1 saturated heterocycles. The molecule has 0 aliphatic carbocycles. The molecule has 1 aliphatic rings. The maximum Gasteiger partial charge on any atom is 0.335 e. The standard InChI is InChI=1S/C42H76O11/c1-3-5-7-9-11-13-15-16-17-18-19-21-22-24-26-28-30-35(43)50-32-34(33-51-42-39(47)37(45)38(46)40(53-42)41(48)49)52-36(44)31-29-27-25-23-20-14-12-10-8-6-4-2/h17-18,34,37-40,42,45-47H,3-16,19-33H2,1-2H3,(H,48,49)/b18-17-. The van der Waals surface area contributed by atoms with Gasteiger partial charge in [0.05, 0.1) is 6.61 Å². The summed E-state index contributed by atoms with van der Waals surface area (Å²) in [4.78, 5) is 36.7. The lowest BCUT2D eigenvalue weighted by molar-refractivity contribution is -0.298. The summed E-state index contributed by atoms with van der Waals surface area (Å²) in [6.45, 7) is 3.79. The molecule has 1 rings (SSSR count). The van der Waals surface area contributed by atoms with Crippen LogP contribution in [0.25, 0.3) is 0 Å². The highest BCUT2D eigenvalue weighted by Gasteiger charge is 2.47. The SMILES string of the molecule is CCCCCCCCC/C=C\CCCCCCCC(=O)OCC(COC1OC(C(=O)O)C(O)C(O)C1O)OC(=O)CCCCCCCCCCCCC. The van der Waals surface area contributed by atoms with Crippen LogP contribution in [-0.2, 0) is 33.3 Å². The van der Waals surface area contributed by atoms with Crippen molar-refractivity contribution in [3.8, 4) is 0 Å². The van der Waals surface area contributed by atoms with Crippen LogP contribution in [-0.4, -0.2) is 88.4 Å². The van der Waals surface area contributed by atoms with Crippen LogP contribution < -0.4 is 0 Å². The number of aliphatic hydroxyl groups excluding tert-OH is 3. The van der Waals surface area contributed by atoms with E-state index in [2.05, 4.69) is 26.0 Å². The molecule has 6 atom stereocenters. The van der Waals surface area contributed by atoms with Gasteiger partial charge in [-0.05, 0) is 38.5 Å². The molecule has 1 heterocycles. The van der Waals surface area contributed by atoms with Crippen LogP contribution in [0.4, 0.5) is 0 Å². The second kappa shape index (κ2) is 33.3. The van der Waals surface area contributed by atoms with Crippen molar-refractivity contribution in [3.63, 3.8) is 0 Å². The van der Waals surface area contributed by atoms with Gasteiger partial charge in [0.1, 0.15) is 24.9 Å². The van der Waals surface area contributed by atoms with Crippen molar-refractivity contribution in [2.75, 3.05) is 13.2 Å². The molecule has 1 aliphatic heterocycles. The van der Waals surface area contributed by atoms with E-state index in [9.17, 15) is 34.8 Å². The Balaban J connectivity index is 2.39. The van der Waals surface area contributed by atoms with E-state index < -0.39 is 54.7 Å². The fourth-order valence-corrected chi connectivity index (χ4v) is 6.46. The van der Waals surface area contributed by atoms with Crippen LogP contribution in [0.5, 0.6) is 0 Å². The van der Waals surface area contributed by atoms with E-state index >= 15 is 0 Å². The molecule has 0 amide bonds. The molecular weight excluding hydrogens is 680 g/mol. The van der Waals surface area contributed by atoms with Gasteiger partial charge in [0.25, 0.3) is 0 Å². The predicted molar refractivity (Wildman–Crippen MR) is 206 cm³/mol. The first-order valence-corrected chi connectivity index (χ1v) is 21.2. The number of hydrogen-bond acceptors (Lipinski definition) is 10. The summed E-state index contributed by atoms with van der Waals surface area (Å²) in [6.07, 6.45) is 24.1. The van der Waals surface area contributed by atoms with E-state index in [0.29, 0.717) is 12.8 Å². The first kappa shape index (κ1) is 49.0. The van der Waals surface area contributed by atoms with Crippen LogP contribution in [0, 0.1) is 0 Å². The molecule has 0 aromatic carbocycles. The number of ether oxygens (including phenoxy) is 4. The number of carbonyl (C=O) groups excluding carboxylic acids is 2. The zero-order valence-electron chi connectivity index (χ0n) is 33.3. The first-order valence-electron chi connectivity index (χ1n) is 21.2. The predicted octanol–water partition coefficient (Wildman–Crippen LogP) is 8.48. The number of carboxylic acid groups (broad SMARTS) is 1. The average molecular weight is 757 g/mol. The van der Waals surface area contributed by atoms with Crippen LogP contribution in [0.2, 0.25) is 0 Å². The third-order valence-corrected chi connectivity index (χ3v) is 9.86. The molecule has 11 heteroatoms. The van der Waals surface area contributed by atoms with E-state index in [1.807, 2.05) is 0 Å². The quantitative estimate of drug-likeness (QED) is 0.0278. The van der Waals surface area contributed by atoms with Gasteiger partial charge in [0.15, 0.2) is 18.5 Å². The first-order chi connectivity index (χ1) is 25.7. The Hall–Kier alpha value is -2.05. The van der Waals surface area contributed by atoms with Gasteiger partial charge in [-0.25, -0.2) is 4.79 Å². The highest BCUT2D eigenvalue weighted by molar-refractivity contribution is 5.73. The van der Waals surface area contributed by atoms with Gasteiger partial charge in [-0.15, -0.1) is 0 Å². The molecular formula is C42H76O11. The lowest BCUT2D eigenvalue weighted by atomic mass is 9.99. The Labute approximate surface area is 320 Å². The number of allylic oxidation sites excluding steroid dienone is 2. The number of hydrogen-bond donors (Lipinski definition) is 4. The van der Waals surface area contributed by atoms with Gasteiger partial charge in [-0.3, -0.25) is 9.59 Å². The van der Waals surface area contributed by atoms with Gasteiger partial charge in [-0.1, -0.05) is 148 Å². The number of carbonyl (C=O) groups is 3. The molecule has 0 saturated carbocycles. The van der Waals surface area contributed by atoms with Crippen molar-refractivity contribution in [2.24, 2.45) is 0 Å². The zero-order chi connectivity index (χ0) is 38.9. The molecule has 11 nitrogen and oxygen atoms in total. The third-order valence-electron chi connectivity index (χ3n) is 9.86. The fourth-order valence-electron chi connectivity index (χ4n) is 6.46. The maximum atomic E-state index is 12.7. The monoisotopic (exact) mass is 757 g/mol. The molecule has 1 fully saturated rings. The van der Waals surface area contributed by atoms with Crippen LogP contribution >= 0.6 is 0 Å². The highest BCUT2D eigenvalue weighted by Crippen LogP contribution is 2.23. The fraction of sp³-hybridized carbons (Fsp3) is 0.881. The number of unbranched alkanes of at least 4 members (excludes halogenated alkanes) is 22. The largest absolute Gasteiger partial charge is 0.479 e. The highest BCUT2D eigenvalue weighted by atomic mass is 16.7. The lowest BCUT2D eigenvalue weighted by Gasteiger charge is -2.38. The van der Waals surface area contributed by atoms with Gasteiger partial charge < -0.3 is 39.4 Å². The molecule has 0 bridgehead atoms. The number of aliphatic hydroxyl groups is 3. The van der Waals surface area contributed by atoms with Gasteiger partial charge in [0.2, 0.25) is 0 Å². The summed E-state index contributed by atoms with van der Waals surface area (Å²) in [6, 6.07) is 0. The molecule has 6 unspecified atom stereocenters. The van der Waals surface area contributed by atoms with E-state index in [-0.39, 0.29) is 26.1 Å². The molecule has 0 radical (unpaired) electrons. The minimum atomic E-state index is -1.86. The lowest BCUT2D eigenvalue weighted by Crippen LogP contribution is -2.60. The van der Waals surface area contributed by atoms with Crippen LogP contribution in [0.15, 0.2) is 12.2 Å². The summed E-state index contributed by atoms with van der Waals surface area (Å²) in [5, 5.41) is 39.7.